The summed E-state index contributed by atoms with van der Waals surface area (Å²) in [6.45, 7) is 5.94. The lowest BCUT2D eigenvalue weighted by atomic mass is 10.1. The number of halogens is 2. The van der Waals surface area contributed by atoms with Crippen molar-refractivity contribution in [3.05, 3.63) is 34.6 Å². The second kappa shape index (κ2) is 5.80. The van der Waals surface area contributed by atoms with E-state index in [9.17, 15) is 9.50 Å². The Morgan fingerprint density at radius 3 is 2.65 bits per heavy atom. The Labute approximate surface area is 106 Å². The van der Waals surface area contributed by atoms with E-state index in [4.69, 9.17) is 16.3 Å². The Kier molecular flexibility index (Phi) is 4.92. The zero-order valence-electron chi connectivity index (χ0n) is 10.3. The van der Waals surface area contributed by atoms with Gasteiger partial charge in [-0.2, -0.15) is 0 Å². The average molecular weight is 261 g/mol. The molecular weight excluding hydrogens is 243 g/mol. The van der Waals surface area contributed by atoms with Gasteiger partial charge in [0.25, 0.3) is 0 Å². The lowest BCUT2D eigenvalue weighted by Gasteiger charge is -2.22. The molecule has 0 amide bonds. The van der Waals surface area contributed by atoms with Gasteiger partial charge in [0, 0.05) is 6.42 Å². The van der Waals surface area contributed by atoms with Crippen LogP contribution in [-0.2, 0) is 11.2 Å². The molecule has 0 aliphatic rings. The van der Waals surface area contributed by atoms with Gasteiger partial charge in [-0.1, -0.05) is 23.7 Å². The van der Waals surface area contributed by atoms with Crippen molar-refractivity contribution >= 4 is 11.6 Å². The van der Waals surface area contributed by atoms with E-state index in [0.717, 1.165) is 0 Å². The normalized spacial score (nSPS) is 13.8. The van der Waals surface area contributed by atoms with E-state index in [0.29, 0.717) is 5.56 Å². The Hall–Kier alpha value is -0.640. The van der Waals surface area contributed by atoms with E-state index in [1.165, 1.54) is 6.07 Å². The summed E-state index contributed by atoms with van der Waals surface area (Å²) in [5.74, 6) is -0.465. The predicted molar refractivity (Wildman–Crippen MR) is 66.8 cm³/mol. The van der Waals surface area contributed by atoms with Crippen LogP contribution in [0.4, 0.5) is 4.39 Å². The zero-order chi connectivity index (χ0) is 13.1. The molecule has 0 aromatic heterocycles. The molecule has 1 aromatic rings. The molecule has 1 unspecified atom stereocenters. The Morgan fingerprint density at radius 2 is 2.06 bits per heavy atom. The minimum absolute atomic E-state index is 0.0716. The zero-order valence-corrected chi connectivity index (χ0v) is 11.1. The average Bonchev–Trinajstić information content (AvgIpc) is 2.21. The number of ether oxygens (including phenoxy) is 1. The molecule has 0 saturated carbocycles. The van der Waals surface area contributed by atoms with E-state index in [1.807, 2.05) is 20.8 Å². The first-order valence-corrected chi connectivity index (χ1v) is 5.92. The van der Waals surface area contributed by atoms with E-state index in [1.54, 1.807) is 12.1 Å². The van der Waals surface area contributed by atoms with Gasteiger partial charge in [-0.25, -0.2) is 4.39 Å². The molecule has 4 heteroatoms. The summed E-state index contributed by atoms with van der Waals surface area (Å²) in [4.78, 5) is 0. The monoisotopic (exact) mass is 260 g/mol. The lowest BCUT2D eigenvalue weighted by molar-refractivity contribution is -0.0482. The van der Waals surface area contributed by atoms with Crippen molar-refractivity contribution in [3.63, 3.8) is 0 Å². The molecule has 0 radical (unpaired) electrons. The molecule has 0 fully saturated rings. The van der Waals surface area contributed by atoms with Crippen molar-refractivity contribution in [1.29, 1.82) is 0 Å². The lowest BCUT2D eigenvalue weighted by Crippen LogP contribution is -2.27. The van der Waals surface area contributed by atoms with Gasteiger partial charge in [0.1, 0.15) is 5.82 Å². The third-order valence-corrected chi connectivity index (χ3v) is 2.62. The molecule has 2 nitrogen and oxygen atoms in total. The molecule has 0 bridgehead atoms. The van der Waals surface area contributed by atoms with Crippen LogP contribution in [-0.4, -0.2) is 23.4 Å². The smallest absolute Gasteiger partial charge is 0.142 e. The van der Waals surface area contributed by atoms with Crippen molar-refractivity contribution in [2.45, 2.75) is 38.9 Å². The summed E-state index contributed by atoms with van der Waals surface area (Å²) >= 11 is 5.80. The van der Waals surface area contributed by atoms with Crippen molar-refractivity contribution < 1.29 is 14.2 Å². The quantitative estimate of drug-likeness (QED) is 0.901. The first kappa shape index (κ1) is 14.4. The molecule has 0 saturated heterocycles. The fraction of sp³-hybridized carbons (Fsp3) is 0.538. The summed E-state index contributed by atoms with van der Waals surface area (Å²) < 4.78 is 18.6. The minimum Gasteiger partial charge on any atom is -0.390 e. The first-order chi connectivity index (χ1) is 7.79. The predicted octanol–water partition coefficient (Wildman–Crippen LogP) is 3.20. The highest BCUT2D eigenvalue weighted by Gasteiger charge is 2.15. The molecule has 0 heterocycles. The highest BCUT2D eigenvalue weighted by molar-refractivity contribution is 6.31. The Morgan fingerprint density at radius 1 is 1.41 bits per heavy atom. The molecule has 1 atom stereocenters. The topological polar surface area (TPSA) is 29.5 Å². The summed E-state index contributed by atoms with van der Waals surface area (Å²) in [6, 6.07) is 4.57. The van der Waals surface area contributed by atoms with Crippen LogP contribution in [0.1, 0.15) is 26.3 Å². The van der Waals surface area contributed by atoms with Gasteiger partial charge in [-0.05, 0) is 32.4 Å². The van der Waals surface area contributed by atoms with Crippen LogP contribution < -0.4 is 0 Å². The van der Waals surface area contributed by atoms with Crippen molar-refractivity contribution in [1.82, 2.24) is 0 Å². The van der Waals surface area contributed by atoms with Gasteiger partial charge in [0.05, 0.1) is 23.3 Å². The summed E-state index contributed by atoms with van der Waals surface area (Å²) in [5, 5.41) is 9.85. The second-order valence-electron chi connectivity index (χ2n) is 4.99. The number of benzene rings is 1. The minimum atomic E-state index is -0.687. The van der Waals surface area contributed by atoms with Crippen LogP contribution >= 0.6 is 11.6 Å². The fourth-order valence-electron chi connectivity index (χ4n) is 1.37. The molecule has 0 aliphatic heterocycles. The van der Waals surface area contributed by atoms with Gasteiger partial charge >= 0.3 is 0 Å². The number of aliphatic hydroxyl groups is 1. The third kappa shape index (κ3) is 5.02. The van der Waals surface area contributed by atoms with Crippen LogP contribution in [0, 0.1) is 5.82 Å². The SMILES string of the molecule is CC(C)(C)OCC(O)Cc1cccc(F)c1Cl. The van der Waals surface area contributed by atoms with Gasteiger partial charge in [-0.15, -0.1) is 0 Å². The van der Waals surface area contributed by atoms with Crippen molar-refractivity contribution in [2.75, 3.05) is 6.61 Å². The number of hydrogen-bond donors (Lipinski definition) is 1. The molecule has 1 aromatic carbocycles. The summed E-state index contributed by atoms with van der Waals surface area (Å²) in [7, 11) is 0. The van der Waals surface area contributed by atoms with E-state index in [-0.39, 0.29) is 23.7 Å². The van der Waals surface area contributed by atoms with Gasteiger partial charge in [0.2, 0.25) is 0 Å². The first-order valence-electron chi connectivity index (χ1n) is 5.54. The molecule has 0 aliphatic carbocycles. The molecule has 96 valence electrons. The van der Waals surface area contributed by atoms with E-state index in [2.05, 4.69) is 0 Å². The maximum absolute atomic E-state index is 13.2. The van der Waals surface area contributed by atoms with Crippen LogP contribution in [0.3, 0.4) is 0 Å². The molecule has 1 rings (SSSR count). The van der Waals surface area contributed by atoms with E-state index < -0.39 is 11.9 Å². The van der Waals surface area contributed by atoms with Gasteiger partial charge in [-0.3, -0.25) is 0 Å². The maximum atomic E-state index is 13.2. The van der Waals surface area contributed by atoms with Crippen LogP contribution in [0.25, 0.3) is 0 Å². The Bertz CT molecular complexity index is 374. The molecule has 1 N–H and O–H groups in total. The Balaban J connectivity index is 2.56. The van der Waals surface area contributed by atoms with Gasteiger partial charge in [0.15, 0.2) is 0 Å². The maximum Gasteiger partial charge on any atom is 0.142 e. The molecule has 0 spiro atoms. The molecular formula is C13H18ClFO2. The van der Waals surface area contributed by atoms with Crippen LogP contribution in [0.5, 0.6) is 0 Å². The van der Waals surface area contributed by atoms with Crippen LogP contribution in [0.2, 0.25) is 5.02 Å². The second-order valence-corrected chi connectivity index (χ2v) is 5.37. The summed E-state index contributed by atoms with van der Waals surface area (Å²) in [5.41, 5.74) is 0.295. The number of aliphatic hydroxyl groups excluding tert-OH is 1. The highest BCUT2D eigenvalue weighted by atomic mass is 35.5. The highest BCUT2D eigenvalue weighted by Crippen LogP contribution is 2.21. The van der Waals surface area contributed by atoms with Crippen LogP contribution in [0.15, 0.2) is 18.2 Å². The number of rotatable bonds is 4. The fourth-order valence-corrected chi connectivity index (χ4v) is 1.57. The molecule has 17 heavy (non-hydrogen) atoms. The van der Waals surface area contributed by atoms with Crippen molar-refractivity contribution in [2.24, 2.45) is 0 Å². The van der Waals surface area contributed by atoms with E-state index >= 15 is 0 Å². The summed E-state index contributed by atoms with van der Waals surface area (Å²) in [6.07, 6.45) is -0.402. The largest absolute Gasteiger partial charge is 0.390 e. The standard InChI is InChI=1S/C13H18ClFO2/c1-13(2,3)17-8-10(16)7-9-5-4-6-11(15)12(9)14/h4-6,10,16H,7-8H2,1-3H3. The van der Waals surface area contributed by atoms with Crippen molar-refractivity contribution in [3.8, 4) is 0 Å². The third-order valence-electron chi connectivity index (χ3n) is 2.20. The number of hydrogen-bond acceptors (Lipinski definition) is 2. The van der Waals surface area contributed by atoms with Gasteiger partial charge < -0.3 is 9.84 Å².